The van der Waals surface area contributed by atoms with Gasteiger partial charge in [0.1, 0.15) is 0 Å². The molecule has 0 aromatic heterocycles. The van der Waals surface area contributed by atoms with Crippen LogP contribution in [0, 0.1) is 11.3 Å². The summed E-state index contributed by atoms with van der Waals surface area (Å²) >= 11 is 0. The predicted molar refractivity (Wildman–Crippen MR) is 25.1 cm³/mol. The number of hydrogen-bond acceptors (Lipinski definition) is 3. The largest absolute Gasteiger partial charge is 0.505 e. The van der Waals surface area contributed by atoms with Gasteiger partial charge >= 0.3 is 8.03 Å². The Morgan fingerprint density at radius 2 is 2.57 bits per heavy atom. The van der Waals surface area contributed by atoms with E-state index in [4.69, 9.17) is 5.26 Å². The van der Waals surface area contributed by atoms with Crippen molar-refractivity contribution in [3.63, 3.8) is 0 Å². The van der Waals surface area contributed by atoms with Crippen molar-refractivity contribution in [3.8, 4) is 6.07 Å². The van der Waals surface area contributed by atoms with E-state index in [-0.39, 0.29) is 6.61 Å². The standard InChI is InChI=1S/C3H5NO2P/c1-7(5)6-3-2-4/h3H2,1H3/q+1. The van der Waals surface area contributed by atoms with Gasteiger partial charge < -0.3 is 0 Å². The van der Waals surface area contributed by atoms with E-state index in [1.54, 1.807) is 6.07 Å². The van der Waals surface area contributed by atoms with Gasteiger partial charge in [-0.25, -0.2) is 0 Å². The van der Waals surface area contributed by atoms with E-state index in [1.165, 1.54) is 6.66 Å². The lowest BCUT2D eigenvalue weighted by atomic mass is 10.9. The first-order valence-corrected chi connectivity index (χ1v) is 3.30. The molecule has 0 rings (SSSR count). The summed E-state index contributed by atoms with van der Waals surface area (Å²) in [6.45, 7) is 1.33. The summed E-state index contributed by atoms with van der Waals surface area (Å²) < 4.78 is 14.3. The SMILES string of the molecule is C[P+](=O)OCC#N. The Hall–Kier alpha value is -0.450. The van der Waals surface area contributed by atoms with E-state index in [2.05, 4.69) is 4.52 Å². The summed E-state index contributed by atoms with van der Waals surface area (Å²) in [5.74, 6) is 0. The molecule has 0 spiro atoms. The summed E-state index contributed by atoms with van der Waals surface area (Å²) in [5, 5.41) is 7.81. The molecule has 0 aromatic rings. The van der Waals surface area contributed by atoms with Crippen molar-refractivity contribution < 1.29 is 9.09 Å². The molecular formula is C3H5NO2P+. The maximum Gasteiger partial charge on any atom is 0.505 e. The van der Waals surface area contributed by atoms with Gasteiger partial charge in [0.05, 0.1) is 6.07 Å². The van der Waals surface area contributed by atoms with E-state index in [0.717, 1.165) is 0 Å². The molecule has 0 aromatic carbocycles. The molecule has 0 fully saturated rings. The number of nitrogens with zero attached hydrogens (tertiary/aromatic N) is 1. The van der Waals surface area contributed by atoms with Crippen LogP contribution in [0.25, 0.3) is 0 Å². The zero-order valence-electron chi connectivity index (χ0n) is 3.92. The summed E-state index contributed by atoms with van der Waals surface area (Å²) in [4.78, 5) is 0. The van der Waals surface area contributed by atoms with Crippen LogP contribution in [0.2, 0.25) is 0 Å². The molecule has 0 radical (unpaired) electrons. The molecule has 0 saturated carbocycles. The van der Waals surface area contributed by atoms with Crippen molar-refractivity contribution in [1.82, 2.24) is 0 Å². The van der Waals surface area contributed by atoms with E-state index in [9.17, 15) is 4.57 Å². The van der Waals surface area contributed by atoms with Gasteiger partial charge in [-0.2, -0.15) is 5.26 Å². The van der Waals surface area contributed by atoms with Crippen LogP contribution in [0.5, 0.6) is 0 Å². The topological polar surface area (TPSA) is 50.1 Å². The summed E-state index contributed by atoms with van der Waals surface area (Å²) in [6.07, 6.45) is 0. The van der Waals surface area contributed by atoms with Crippen LogP contribution in [0.15, 0.2) is 0 Å². The maximum atomic E-state index is 9.98. The lowest BCUT2D eigenvalue weighted by Gasteiger charge is -1.68. The molecule has 1 atom stereocenters. The molecule has 0 N–H and O–H groups in total. The van der Waals surface area contributed by atoms with Crippen molar-refractivity contribution >= 4 is 8.03 Å². The third-order valence-corrected chi connectivity index (χ3v) is 0.804. The summed E-state index contributed by atoms with van der Waals surface area (Å²) in [6, 6.07) is 1.69. The molecule has 0 aliphatic carbocycles. The van der Waals surface area contributed by atoms with Gasteiger partial charge in [0, 0.05) is 0 Å². The van der Waals surface area contributed by atoms with Gasteiger partial charge in [-0.3, -0.25) is 0 Å². The van der Waals surface area contributed by atoms with Crippen molar-refractivity contribution in [2.45, 2.75) is 0 Å². The second-order valence-electron chi connectivity index (χ2n) is 0.871. The fourth-order valence-electron chi connectivity index (χ4n) is 0.120. The minimum atomic E-state index is -1.58. The maximum absolute atomic E-state index is 9.98. The normalized spacial score (nSPS) is 10.0. The van der Waals surface area contributed by atoms with Crippen LogP contribution in [0.1, 0.15) is 0 Å². The third-order valence-electron chi connectivity index (χ3n) is 0.311. The van der Waals surface area contributed by atoms with Crippen molar-refractivity contribution in [3.05, 3.63) is 0 Å². The predicted octanol–water partition coefficient (Wildman–Crippen LogP) is 0.899. The molecule has 38 valence electrons. The van der Waals surface area contributed by atoms with E-state index < -0.39 is 8.03 Å². The molecule has 0 bridgehead atoms. The molecular weight excluding hydrogens is 113 g/mol. The average molecular weight is 118 g/mol. The zero-order valence-corrected chi connectivity index (χ0v) is 4.81. The molecule has 4 heteroatoms. The van der Waals surface area contributed by atoms with Crippen LogP contribution in [0.4, 0.5) is 0 Å². The van der Waals surface area contributed by atoms with E-state index >= 15 is 0 Å². The van der Waals surface area contributed by atoms with Crippen LogP contribution in [-0.4, -0.2) is 13.3 Å². The minimum absolute atomic E-state index is 0.0777. The van der Waals surface area contributed by atoms with Crippen molar-refractivity contribution in [2.75, 3.05) is 13.3 Å². The highest BCUT2D eigenvalue weighted by Crippen LogP contribution is 2.13. The lowest BCUT2D eigenvalue weighted by molar-refractivity contribution is 0.380. The molecule has 0 heterocycles. The number of rotatable bonds is 2. The van der Waals surface area contributed by atoms with Gasteiger partial charge in [-0.15, -0.1) is 4.52 Å². The van der Waals surface area contributed by atoms with Gasteiger partial charge in [0.25, 0.3) is 0 Å². The monoisotopic (exact) mass is 118 g/mol. The Balaban J connectivity index is 3.02. The van der Waals surface area contributed by atoms with Gasteiger partial charge in [0.2, 0.25) is 0 Å². The van der Waals surface area contributed by atoms with Gasteiger partial charge in [0.15, 0.2) is 13.3 Å². The Morgan fingerprint density at radius 3 is 2.71 bits per heavy atom. The Bertz CT molecular complexity index is 106. The second kappa shape index (κ2) is 3.73. The highest BCUT2D eigenvalue weighted by molar-refractivity contribution is 7.38. The molecule has 1 unspecified atom stereocenters. The van der Waals surface area contributed by atoms with Crippen molar-refractivity contribution in [2.24, 2.45) is 0 Å². The first-order chi connectivity index (χ1) is 3.27. The summed E-state index contributed by atoms with van der Waals surface area (Å²) in [7, 11) is -1.58. The van der Waals surface area contributed by atoms with Crippen LogP contribution in [0.3, 0.4) is 0 Å². The Kier molecular flexibility index (Phi) is 3.49. The second-order valence-corrected chi connectivity index (χ2v) is 2.01. The molecule has 0 amide bonds. The first kappa shape index (κ1) is 6.55. The lowest BCUT2D eigenvalue weighted by Crippen LogP contribution is -1.76. The molecule has 0 aliphatic rings. The fraction of sp³-hybridized carbons (Fsp3) is 0.667. The Labute approximate surface area is 42.8 Å². The van der Waals surface area contributed by atoms with Crippen LogP contribution >= 0.6 is 8.03 Å². The minimum Gasteiger partial charge on any atom is -0.196 e. The first-order valence-electron chi connectivity index (χ1n) is 1.68. The Morgan fingerprint density at radius 1 is 2.00 bits per heavy atom. The molecule has 3 nitrogen and oxygen atoms in total. The van der Waals surface area contributed by atoms with Crippen LogP contribution < -0.4 is 0 Å². The van der Waals surface area contributed by atoms with Crippen LogP contribution in [-0.2, 0) is 9.09 Å². The number of hydrogen-bond donors (Lipinski definition) is 0. The fourth-order valence-corrected chi connectivity index (χ4v) is 0.359. The quantitative estimate of drug-likeness (QED) is 0.506. The average Bonchev–Trinajstić information content (AvgIpc) is 1.61. The zero-order chi connectivity index (χ0) is 5.70. The highest BCUT2D eigenvalue weighted by atomic mass is 31.1. The van der Waals surface area contributed by atoms with Gasteiger partial charge in [-0.1, -0.05) is 0 Å². The summed E-state index contributed by atoms with van der Waals surface area (Å²) in [5.41, 5.74) is 0. The molecule has 0 saturated heterocycles. The van der Waals surface area contributed by atoms with E-state index in [1.807, 2.05) is 0 Å². The number of nitriles is 1. The van der Waals surface area contributed by atoms with Gasteiger partial charge in [-0.05, 0) is 4.57 Å². The highest BCUT2D eigenvalue weighted by Gasteiger charge is 2.02. The molecule has 0 aliphatic heterocycles. The van der Waals surface area contributed by atoms with E-state index in [0.29, 0.717) is 0 Å². The van der Waals surface area contributed by atoms with Crippen molar-refractivity contribution in [1.29, 1.82) is 5.26 Å². The smallest absolute Gasteiger partial charge is 0.196 e. The third kappa shape index (κ3) is 5.55. The molecule has 7 heavy (non-hydrogen) atoms.